The third-order valence-electron chi connectivity index (χ3n) is 10.5. The molecule has 0 radical (unpaired) electrons. The molecule has 0 N–H and O–H groups in total. The van der Waals surface area contributed by atoms with Gasteiger partial charge >= 0.3 is 0 Å². The van der Waals surface area contributed by atoms with Crippen molar-refractivity contribution in [2.75, 3.05) is 9.80 Å². The van der Waals surface area contributed by atoms with Crippen LogP contribution in [0.4, 0.5) is 34.1 Å². The first kappa shape index (κ1) is 31.6. The fourth-order valence-electron chi connectivity index (χ4n) is 8.10. The molecule has 10 aromatic carbocycles. The van der Waals surface area contributed by atoms with E-state index < -0.39 is 0 Å². The Labute approximate surface area is 315 Å². The Morgan fingerprint density at radius 1 is 0.241 bits per heavy atom. The Morgan fingerprint density at radius 3 is 0.815 bits per heavy atom. The van der Waals surface area contributed by atoms with Gasteiger partial charge in [-0.1, -0.05) is 133 Å². The maximum Gasteiger partial charge on any atom is 0.0546 e. The van der Waals surface area contributed by atoms with Crippen molar-refractivity contribution in [3.05, 3.63) is 218 Å². The van der Waals surface area contributed by atoms with Crippen molar-refractivity contribution in [3.8, 4) is 22.3 Å². The lowest BCUT2D eigenvalue weighted by atomic mass is 9.87. The largest absolute Gasteiger partial charge is 0.310 e. The number of para-hydroxylation sites is 4. The molecular weight excluding hydrogens is 653 g/mol. The van der Waals surface area contributed by atoms with E-state index in [4.69, 9.17) is 0 Å². The van der Waals surface area contributed by atoms with Crippen molar-refractivity contribution >= 4 is 66.4 Å². The molecule has 0 aliphatic heterocycles. The second-order valence-corrected chi connectivity index (χ2v) is 13.8. The molecule has 0 aromatic heterocycles. The van der Waals surface area contributed by atoms with Gasteiger partial charge in [-0.15, -0.1) is 0 Å². The summed E-state index contributed by atoms with van der Waals surface area (Å²) in [5, 5.41) is 7.34. The number of nitrogens with zero attached hydrogens (tertiary/aromatic N) is 2. The van der Waals surface area contributed by atoms with E-state index in [1.165, 1.54) is 54.6 Å². The first-order chi connectivity index (χ1) is 26.8. The van der Waals surface area contributed by atoms with Crippen LogP contribution in [0.2, 0.25) is 0 Å². The highest BCUT2D eigenvalue weighted by molar-refractivity contribution is 6.31. The predicted octanol–water partition coefficient (Wildman–Crippen LogP) is 14.9. The summed E-state index contributed by atoms with van der Waals surface area (Å²) in [5.74, 6) is 0. The van der Waals surface area contributed by atoms with Crippen LogP contribution in [-0.2, 0) is 0 Å². The molecule has 0 bridgehead atoms. The van der Waals surface area contributed by atoms with E-state index in [-0.39, 0.29) is 0 Å². The van der Waals surface area contributed by atoms with E-state index in [1.807, 2.05) is 0 Å². The minimum Gasteiger partial charge on any atom is -0.310 e. The Kier molecular flexibility index (Phi) is 7.85. The number of hydrogen-bond acceptors (Lipinski definition) is 2. The lowest BCUT2D eigenvalue weighted by Crippen LogP contribution is -2.12. The topological polar surface area (TPSA) is 6.48 Å². The summed E-state index contributed by atoms with van der Waals surface area (Å²) in [5.41, 5.74) is 11.5. The summed E-state index contributed by atoms with van der Waals surface area (Å²) < 4.78 is 0. The molecule has 0 saturated heterocycles. The monoisotopic (exact) mass is 688 g/mol. The maximum absolute atomic E-state index is 2.42. The molecule has 0 saturated carbocycles. The summed E-state index contributed by atoms with van der Waals surface area (Å²) in [6.45, 7) is 0. The summed E-state index contributed by atoms with van der Waals surface area (Å²) in [7, 11) is 0. The van der Waals surface area contributed by atoms with Gasteiger partial charge in [-0.2, -0.15) is 0 Å². The Balaban J connectivity index is 1.38. The molecule has 0 aliphatic rings. The van der Waals surface area contributed by atoms with Gasteiger partial charge < -0.3 is 9.80 Å². The van der Waals surface area contributed by atoms with Gasteiger partial charge in [0.1, 0.15) is 0 Å². The van der Waals surface area contributed by atoms with Crippen LogP contribution < -0.4 is 9.80 Å². The minimum atomic E-state index is 1.11. The molecule has 54 heavy (non-hydrogen) atoms. The summed E-state index contributed by atoms with van der Waals surface area (Å²) in [4.78, 5) is 4.84. The molecule has 0 aliphatic carbocycles. The summed E-state index contributed by atoms with van der Waals surface area (Å²) >= 11 is 0. The summed E-state index contributed by atoms with van der Waals surface area (Å²) in [6.07, 6.45) is 0. The van der Waals surface area contributed by atoms with E-state index >= 15 is 0 Å². The zero-order chi connectivity index (χ0) is 35.8. The van der Waals surface area contributed by atoms with E-state index in [9.17, 15) is 0 Å². The smallest absolute Gasteiger partial charge is 0.0546 e. The number of rotatable bonds is 8. The van der Waals surface area contributed by atoms with E-state index in [0.29, 0.717) is 0 Å². The minimum absolute atomic E-state index is 1.11. The molecule has 2 nitrogen and oxygen atoms in total. The van der Waals surface area contributed by atoms with Crippen LogP contribution in [0, 0.1) is 0 Å². The van der Waals surface area contributed by atoms with E-state index in [0.717, 1.165) is 34.1 Å². The maximum atomic E-state index is 2.42. The van der Waals surface area contributed by atoms with Crippen LogP contribution in [0.25, 0.3) is 54.6 Å². The fraction of sp³-hybridized carbons (Fsp3) is 0. The van der Waals surface area contributed by atoms with Crippen LogP contribution in [0.1, 0.15) is 0 Å². The quantitative estimate of drug-likeness (QED) is 0.147. The molecule has 0 heterocycles. The Morgan fingerprint density at radius 2 is 0.519 bits per heavy atom. The van der Waals surface area contributed by atoms with Crippen LogP contribution in [0.5, 0.6) is 0 Å². The molecule has 10 aromatic rings. The van der Waals surface area contributed by atoms with Gasteiger partial charge in [-0.05, 0) is 129 Å². The number of benzene rings is 10. The predicted molar refractivity (Wildman–Crippen MR) is 230 cm³/mol. The van der Waals surface area contributed by atoms with Gasteiger partial charge in [0.2, 0.25) is 0 Å². The van der Waals surface area contributed by atoms with Crippen molar-refractivity contribution in [1.82, 2.24) is 0 Å². The summed E-state index contributed by atoms with van der Waals surface area (Å²) in [6, 6.07) is 79.0. The van der Waals surface area contributed by atoms with Crippen LogP contribution >= 0.6 is 0 Å². The van der Waals surface area contributed by atoms with Gasteiger partial charge in [-0.3, -0.25) is 0 Å². The highest BCUT2D eigenvalue weighted by atomic mass is 15.1. The Hall–Kier alpha value is -7.16. The molecule has 0 atom stereocenters. The fourth-order valence-corrected chi connectivity index (χ4v) is 8.10. The van der Waals surface area contributed by atoms with Crippen molar-refractivity contribution in [2.45, 2.75) is 0 Å². The first-order valence-electron chi connectivity index (χ1n) is 18.5. The molecule has 0 fully saturated rings. The van der Waals surface area contributed by atoms with Gasteiger partial charge in [0.05, 0.1) is 11.4 Å². The zero-order valence-electron chi connectivity index (χ0n) is 29.7. The molecule has 10 rings (SSSR count). The number of anilines is 6. The van der Waals surface area contributed by atoms with Crippen LogP contribution in [-0.4, -0.2) is 0 Å². The van der Waals surface area contributed by atoms with Crippen LogP contribution in [0.15, 0.2) is 218 Å². The standard InChI is InChI=1S/C52H36N2/c1-7-19-37(20-8-1)39-31-41-35-50(54(45-27-15-5-16-28-45)46-29-17-6-18-30-46)48-34-40(38-21-9-2-10-22-38)32-42-36-49(47(33-39)51(41)52(42)48)53(43-23-11-3-12-24-43)44-25-13-4-14-26-44/h1-36H. The van der Waals surface area contributed by atoms with Gasteiger partial charge in [0.15, 0.2) is 0 Å². The number of hydrogen-bond donors (Lipinski definition) is 0. The van der Waals surface area contributed by atoms with E-state index in [2.05, 4.69) is 228 Å². The average Bonchev–Trinajstić information content (AvgIpc) is 3.25. The van der Waals surface area contributed by atoms with E-state index in [1.54, 1.807) is 0 Å². The SMILES string of the molecule is c1ccc(-c2cc3cc(N(c4ccccc4)c4ccccc4)c4cc(-c5ccccc5)cc5cc(N(c6ccccc6)c6ccccc6)c(c2)c3c54)cc1. The molecule has 254 valence electrons. The second kappa shape index (κ2) is 13.4. The molecule has 0 spiro atoms. The zero-order valence-corrected chi connectivity index (χ0v) is 29.7. The van der Waals surface area contributed by atoms with Gasteiger partial charge in [-0.25, -0.2) is 0 Å². The molecule has 0 amide bonds. The Bertz CT molecular complexity index is 2560. The first-order valence-corrected chi connectivity index (χ1v) is 18.5. The molecular formula is C52H36N2. The normalized spacial score (nSPS) is 11.3. The van der Waals surface area contributed by atoms with Crippen LogP contribution in [0.3, 0.4) is 0 Å². The molecule has 2 heteroatoms. The average molecular weight is 689 g/mol. The van der Waals surface area contributed by atoms with Crippen molar-refractivity contribution in [1.29, 1.82) is 0 Å². The highest BCUT2D eigenvalue weighted by Crippen LogP contribution is 2.51. The lowest BCUT2D eigenvalue weighted by molar-refractivity contribution is 1.30. The van der Waals surface area contributed by atoms with Crippen molar-refractivity contribution in [2.24, 2.45) is 0 Å². The highest BCUT2D eigenvalue weighted by Gasteiger charge is 2.24. The third kappa shape index (κ3) is 5.53. The van der Waals surface area contributed by atoms with Gasteiger partial charge in [0.25, 0.3) is 0 Å². The van der Waals surface area contributed by atoms with Crippen molar-refractivity contribution < 1.29 is 0 Å². The van der Waals surface area contributed by atoms with Gasteiger partial charge in [0, 0.05) is 33.5 Å². The third-order valence-corrected chi connectivity index (χ3v) is 10.5. The lowest BCUT2D eigenvalue weighted by Gasteiger charge is -2.31. The second-order valence-electron chi connectivity index (χ2n) is 13.8. The molecule has 0 unspecified atom stereocenters. The van der Waals surface area contributed by atoms with Crippen molar-refractivity contribution in [3.63, 3.8) is 0 Å².